The van der Waals surface area contributed by atoms with E-state index in [1.165, 1.54) is 31.4 Å². The first-order valence-corrected chi connectivity index (χ1v) is 12.7. The highest BCUT2D eigenvalue weighted by molar-refractivity contribution is 6.07. The maximum Gasteiger partial charge on any atom is 0.258 e. The number of halogens is 1. The van der Waals surface area contributed by atoms with E-state index in [-0.39, 0.29) is 30.6 Å². The molecule has 0 radical (unpaired) electrons. The Hall–Kier alpha value is -3.51. The number of rotatable bonds is 9. The first kappa shape index (κ1) is 25.6. The summed E-state index contributed by atoms with van der Waals surface area (Å²) in [6.07, 6.45) is 4.07. The molecule has 6 heteroatoms. The molecule has 0 aromatic heterocycles. The molecule has 1 saturated heterocycles. The lowest BCUT2D eigenvalue weighted by atomic mass is 10.1. The molecule has 1 N–H and O–H groups in total. The topological polar surface area (TPSA) is 52.7 Å². The van der Waals surface area contributed by atoms with E-state index in [9.17, 15) is 14.0 Å². The summed E-state index contributed by atoms with van der Waals surface area (Å²) in [5.41, 5.74) is 3.76. The quantitative estimate of drug-likeness (QED) is 0.456. The maximum atomic E-state index is 13.8. The Balaban J connectivity index is 1.43. The number of anilines is 1. The van der Waals surface area contributed by atoms with Gasteiger partial charge in [0.1, 0.15) is 5.82 Å². The number of carbonyl (C=O) groups excluding carboxylic acids is 2. The molecule has 0 aliphatic carbocycles. The van der Waals surface area contributed by atoms with Crippen LogP contribution in [0.3, 0.4) is 0 Å². The molecule has 188 valence electrons. The smallest absolute Gasteiger partial charge is 0.258 e. The number of carbonyl (C=O) groups is 2. The van der Waals surface area contributed by atoms with Crippen molar-refractivity contribution in [2.45, 2.75) is 39.2 Å². The standard InChI is InChI=1S/C30H34FN3O2/c1-23-8-3-4-11-28(23)30(36)34(22-25-9-7-10-26(31)20-25)27-14-12-24(13-15-27)21-29(35)32-16-19-33-17-5-2-6-18-33/h3-4,7-15,20H,2,5-6,16-19,21-22H2,1H3,(H,32,35). The molecule has 0 atom stereocenters. The summed E-state index contributed by atoms with van der Waals surface area (Å²) in [4.78, 5) is 30.0. The molecule has 5 nitrogen and oxygen atoms in total. The van der Waals surface area contributed by atoms with Gasteiger partial charge in [0.05, 0.1) is 13.0 Å². The lowest BCUT2D eigenvalue weighted by Crippen LogP contribution is -2.38. The van der Waals surface area contributed by atoms with E-state index < -0.39 is 0 Å². The molecule has 1 aliphatic rings. The fraction of sp³-hybridized carbons (Fsp3) is 0.333. The molecule has 36 heavy (non-hydrogen) atoms. The molecule has 1 fully saturated rings. The Morgan fingerprint density at radius 3 is 2.39 bits per heavy atom. The number of amides is 2. The number of hydrogen-bond acceptors (Lipinski definition) is 3. The van der Waals surface area contributed by atoms with Crippen LogP contribution in [0.15, 0.2) is 72.8 Å². The SMILES string of the molecule is Cc1ccccc1C(=O)N(Cc1cccc(F)c1)c1ccc(CC(=O)NCCN2CCCCC2)cc1. The highest BCUT2D eigenvalue weighted by atomic mass is 19.1. The third-order valence-electron chi connectivity index (χ3n) is 6.66. The first-order valence-electron chi connectivity index (χ1n) is 12.7. The zero-order chi connectivity index (χ0) is 25.3. The fourth-order valence-corrected chi connectivity index (χ4v) is 4.63. The lowest BCUT2D eigenvalue weighted by molar-refractivity contribution is -0.120. The maximum absolute atomic E-state index is 13.8. The van der Waals surface area contributed by atoms with E-state index >= 15 is 0 Å². The summed E-state index contributed by atoms with van der Waals surface area (Å²) in [7, 11) is 0. The Bertz CT molecular complexity index is 1170. The second kappa shape index (κ2) is 12.5. The molecule has 0 spiro atoms. The minimum absolute atomic E-state index is 0.00707. The Morgan fingerprint density at radius 1 is 0.917 bits per heavy atom. The van der Waals surface area contributed by atoms with Gasteiger partial charge >= 0.3 is 0 Å². The van der Waals surface area contributed by atoms with E-state index in [0.29, 0.717) is 23.4 Å². The summed E-state index contributed by atoms with van der Waals surface area (Å²) in [6.45, 7) is 5.92. The third kappa shape index (κ3) is 7.01. The number of likely N-dealkylation sites (tertiary alicyclic amines) is 1. The predicted octanol–water partition coefficient (Wildman–Crippen LogP) is 5.13. The number of nitrogens with one attached hydrogen (secondary N) is 1. The number of piperidine rings is 1. The minimum atomic E-state index is -0.336. The Kier molecular flexibility index (Phi) is 8.85. The van der Waals surface area contributed by atoms with Crippen molar-refractivity contribution in [3.63, 3.8) is 0 Å². The highest BCUT2D eigenvalue weighted by Gasteiger charge is 2.20. The van der Waals surface area contributed by atoms with Crippen LogP contribution in [-0.4, -0.2) is 42.9 Å². The summed E-state index contributed by atoms with van der Waals surface area (Å²) >= 11 is 0. The zero-order valence-corrected chi connectivity index (χ0v) is 20.9. The van der Waals surface area contributed by atoms with Gasteiger partial charge in [0.15, 0.2) is 0 Å². The van der Waals surface area contributed by atoms with E-state index in [1.807, 2.05) is 55.5 Å². The lowest BCUT2D eigenvalue weighted by Gasteiger charge is -2.26. The summed E-state index contributed by atoms with van der Waals surface area (Å²) in [6, 6.07) is 21.2. The molecular formula is C30H34FN3O2. The second-order valence-electron chi connectivity index (χ2n) is 9.43. The van der Waals surface area contributed by atoms with Crippen molar-refractivity contribution in [2.24, 2.45) is 0 Å². The van der Waals surface area contributed by atoms with Gasteiger partial charge in [-0.2, -0.15) is 0 Å². The van der Waals surface area contributed by atoms with Crippen LogP contribution in [0.2, 0.25) is 0 Å². The zero-order valence-electron chi connectivity index (χ0n) is 20.9. The van der Waals surface area contributed by atoms with E-state index in [1.54, 1.807) is 17.0 Å². The van der Waals surface area contributed by atoms with Crippen molar-refractivity contribution in [3.05, 3.63) is 101 Å². The van der Waals surface area contributed by atoms with Gasteiger partial charge in [0.2, 0.25) is 5.91 Å². The van der Waals surface area contributed by atoms with Crippen molar-refractivity contribution in [3.8, 4) is 0 Å². The molecule has 3 aromatic carbocycles. The number of hydrogen-bond donors (Lipinski definition) is 1. The Labute approximate surface area is 212 Å². The van der Waals surface area contributed by atoms with Crippen LogP contribution in [0.1, 0.15) is 46.3 Å². The van der Waals surface area contributed by atoms with Crippen LogP contribution < -0.4 is 10.2 Å². The van der Waals surface area contributed by atoms with Gasteiger partial charge in [-0.05, 0) is 79.9 Å². The average molecular weight is 488 g/mol. The van der Waals surface area contributed by atoms with Crippen LogP contribution in [0.5, 0.6) is 0 Å². The number of aryl methyl sites for hydroxylation is 1. The summed E-state index contributed by atoms with van der Waals surface area (Å²) in [5, 5.41) is 3.02. The highest BCUT2D eigenvalue weighted by Crippen LogP contribution is 2.23. The van der Waals surface area contributed by atoms with E-state index in [0.717, 1.165) is 30.8 Å². The number of benzene rings is 3. The Morgan fingerprint density at radius 2 is 1.67 bits per heavy atom. The van der Waals surface area contributed by atoms with Crippen LogP contribution in [0, 0.1) is 12.7 Å². The van der Waals surface area contributed by atoms with Gasteiger partial charge in [-0.25, -0.2) is 4.39 Å². The normalized spacial score (nSPS) is 13.8. The van der Waals surface area contributed by atoms with Gasteiger partial charge < -0.3 is 15.1 Å². The predicted molar refractivity (Wildman–Crippen MR) is 142 cm³/mol. The molecule has 2 amide bonds. The number of nitrogens with zero attached hydrogens (tertiary/aromatic N) is 2. The third-order valence-corrected chi connectivity index (χ3v) is 6.66. The van der Waals surface area contributed by atoms with Gasteiger partial charge in [-0.3, -0.25) is 9.59 Å². The molecular weight excluding hydrogens is 453 g/mol. The molecule has 3 aromatic rings. The minimum Gasteiger partial charge on any atom is -0.355 e. The van der Waals surface area contributed by atoms with Gasteiger partial charge in [-0.15, -0.1) is 0 Å². The van der Waals surface area contributed by atoms with Crippen LogP contribution in [0.25, 0.3) is 0 Å². The first-order chi connectivity index (χ1) is 17.5. The molecule has 1 aliphatic heterocycles. The average Bonchev–Trinajstić information content (AvgIpc) is 2.88. The van der Waals surface area contributed by atoms with Crippen molar-refractivity contribution >= 4 is 17.5 Å². The molecule has 1 heterocycles. The van der Waals surface area contributed by atoms with Crippen LogP contribution >= 0.6 is 0 Å². The van der Waals surface area contributed by atoms with Crippen LogP contribution in [0.4, 0.5) is 10.1 Å². The van der Waals surface area contributed by atoms with Gasteiger partial charge in [-0.1, -0.05) is 48.9 Å². The molecule has 4 rings (SSSR count). The van der Waals surface area contributed by atoms with Crippen LogP contribution in [-0.2, 0) is 17.8 Å². The van der Waals surface area contributed by atoms with Crippen molar-refractivity contribution in [1.82, 2.24) is 10.2 Å². The van der Waals surface area contributed by atoms with Gasteiger partial charge in [0, 0.05) is 24.3 Å². The monoisotopic (exact) mass is 487 g/mol. The molecule has 0 bridgehead atoms. The largest absolute Gasteiger partial charge is 0.355 e. The van der Waals surface area contributed by atoms with Gasteiger partial charge in [0.25, 0.3) is 5.91 Å². The molecule has 0 unspecified atom stereocenters. The van der Waals surface area contributed by atoms with Crippen molar-refractivity contribution < 1.29 is 14.0 Å². The fourth-order valence-electron chi connectivity index (χ4n) is 4.63. The van der Waals surface area contributed by atoms with E-state index in [2.05, 4.69) is 10.2 Å². The summed E-state index contributed by atoms with van der Waals surface area (Å²) < 4.78 is 13.8. The van der Waals surface area contributed by atoms with E-state index in [4.69, 9.17) is 0 Å². The summed E-state index contributed by atoms with van der Waals surface area (Å²) in [5.74, 6) is -0.495. The van der Waals surface area contributed by atoms with Crippen molar-refractivity contribution in [2.75, 3.05) is 31.1 Å². The van der Waals surface area contributed by atoms with Crippen molar-refractivity contribution in [1.29, 1.82) is 0 Å². The second-order valence-corrected chi connectivity index (χ2v) is 9.43. The molecule has 0 saturated carbocycles.